The van der Waals surface area contributed by atoms with Crippen LogP contribution in [0.3, 0.4) is 0 Å². The minimum Gasteiger partial charge on any atom is -0.339 e. The molecular formula is C19H20BrN5. The van der Waals surface area contributed by atoms with Gasteiger partial charge in [0.15, 0.2) is 5.82 Å². The van der Waals surface area contributed by atoms with Gasteiger partial charge in [0.05, 0.1) is 6.20 Å². The van der Waals surface area contributed by atoms with Crippen molar-refractivity contribution < 1.29 is 0 Å². The summed E-state index contributed by atoms with van der Waals surface area (Å²) in [6, 6.07) is 14.2. The molecule has 0 radical (unpaired) electrons. The molecule has 0 unspecified atom stereocenters. The van der Waals surface area contributed by atoms with E-state index in [1.165, 1.54) is 5.56 Å². The number of aromatic nitrogens is 3. The largest absolute Gasteiger partial charge is 0.339 e. The average molecular weight is 398 g/mol. The lowest BCUT2D eigenvalue weighted by Gasteiger charge is -2.13. The van der Waals surface area contributed by atoms with Crippen LogP contribution in [-0.4, -0.2) is 15.2 Å². The number of hydrogen-bond donors (Lipinski definition) is 2. The molecule has 0 aliphatic rings. The molecule has 5 nitrogen and oxygen atoms in total. The van der Waals surface area contributed by atoms with Crippen molar-refractivity contribution in [3.8, 4) is 0 Å². The number of rotatable bonds is 5. The molecule has 0 fully saturated rings. The number of aryl methyl sites for hydroxylation is 1. The minimum absolute atomic E-state index is 0.406. The third kappa shape index (κ3) is 4.33. The Bertz CT molecular complexity index is 879. The maximum absolute atomic E-state index is 4.51. The van der Waals surface area contributed by atoms with Gasteiger partial charge in [-0.25, -0.2) is 0 Å². The van der Waals surface area contributed by atoms with Crippen molar-refractivity contribution in [3.63, 3.8) is 0 Å². The third-order valence-corrected chi connectivity index (χ3v) is 4.71. The normalized spacial score (nSPS) is 10.8. The summed E-state index contributed by atoms with van der Waals surface area (Å²) in [6.07, 6.45) is 1.61. The van der Waals surface area contributed by atoms with E-state index in [9.17, 15) is 0 Å². The molecule has 0 atom stereocenters. The highest BCUT2D eigenvalue weighted by molar-refractivity contribution is 9.10. The van der Waals surface area contributed by atoms with Gasteiger partial charge in [-0.1, -0.05) is 48.0 Å². The Morgan fingerprint density at radius 1 is 1.04 bits per heavy atom. The molecule has 0 amide bonds. The first kappa shape index (κ1) is 17.4. The second kappa shape index (κ2) is 7.61. The van der Waals surface area contributed by atoms with E-state index in [2.05, 4.69) is 61.7 Å². The number of halogens is 1. The Kier molecular flexibility index (Phi) is 5.28. The maximum Gasteiger partial charge on any atom is 0.249 e. The van der Waals surface area contributed by atoms with Gasteiger partial charge in [-0.3, -0.25) is 0 Å². The summed E-state index contributed by atoms with van der Waals surface area (Å²) in [5, 5.41) is 14.7. The fourth-order valence-electron chi connectivity index (χ4n) is 2.52. The molecule has 0 saturated carbocycles. The van der Waals surface area contributed by atoms with Crippen molar-refractivity contribution in [1.82, 2.24) is 15.2 Å². The number of anilines is 4. The van der Waals surface area contributed by atoms with Crippen LogP contribution < -0.4 is 10.6 Å². The first-order valence-electron chi connectivity index (χ1n) is 8.12. The molecule has 2 N–H and O–H groups in total. The van der Waals surface area contributed by atoms with Gasteiger partial charge < -0.3 is 10.6 Å². The predicted octanol–water partition coefficient (Wildman–Crippen LogP) is 5.55. The first-order chi connectivity index (χ1) is 12.0. The van der Waals surface area contributed by atoms with E-state index in [0.717, 1.165) is 21.4 Å². The second-order valence-electron chi connectivity index (χ2n) is 6.12. The molecule has 0 aliphatic carbocycles. The van der Waals surface area contributed by atoms with Crippen LogP contribution in [0.5, 0.6) is 0 Å². The van der Waals surface area contributed by atoms with Gasteiger partial charge in [-0.05, 0) is 48.2 Å². The van der Waals surface area contributed by atoms with E-state index in [1.807, 2.05) is 43.3 Å². The van der Waals surface area contributed by atoms with Gasteiger partial charge in [-0.15, -0.1) is 5.10 Å². The lowest BCUT2D eigenvalue weighted by atomic mass is 10.0. The molecule has 1 heterocycles. The quantitative estimate of drug-likeness (QED) is 0.590. The first-order valence-corrected chi connectivity index (χ1v) is 8.91. The van der Waals surface area contributed by atoms with Crippen LogP contribution in [-0.2, 0) is 0 Å². The lowest BCUT2D eigenvalue weighted by molar-refractivity contribution is 0.867. The summed E-state index contributed by atoms with van der Waals surface area (Å²) in [5.74, 6) is 1.51. The Hall–Kier alpha value is -2.47. The Labute approximate surface area is 156 Å². The zero-order valence-electron chi connectivity index (χ0n) is 14.4. The van der Waals surface area contributed by atoms with Crippen LogP contribution in [0, 0.1) is 6.92 Å². The Morgan fingerprint density at radius 3 is 2.60 bits per heavy atom. The summed E-state index contributed by atoms with van der Waals surface area (Å²) in [6.45, 7) is 6.37. The van der Waals surface area contributed by atoms with E-state index in [4.69, 9.17) is 0 Å². The second-order valence-corrected chi connectivity index (χ2v) is 6.98. The number of hydrogen-bond acceptors (Lipinski definition) is 5. The van der Waals surface area contributed by atoms with Gasteiger partial charge in [0.2, 0.25) is 5.95 Å². The van der Waals surface area contributed by atoms with Crippen LogP contribution in [0.1, 0.15) is 30.9 Å². The van der Waals surface area contributed by atoms with Gasteiger partial charge in [-0.2, -0.15) is 10.1 Å². The fraction of sp³-hybridized carbons (Fsp3) is 0.211. The number of nitrogens with zero attached hydrogens (tertiary/aromatic N) is 3. The van der Waals surface area contributed by atoms with Gasteiger partial charge in [0.25, 0.3) is 0 Å². The molecule has 128 valence electrons. The number of benzene rings is 2. The van der Waals surface area contributed by atoms with Gasteiger partial charge in [0, 0.05) is 15.8 Å². The van der Waals surface area contributed by atoms with Crippen LogP contribution in [0.25, 0.3) is 0 Å². The summed E-state index contributed by atoms with van der Waals surface area (Å²) < 4.78 is 1.08. The average Bonchev–Trinajstić information content (AvgIpc) is 2.59. The molecule has 1 aromatic heterocycles. The zero-order valence-corrected chi connectivity index (χ0v) is 16.0. The molecule has 25 heavy (non-hydrogen) atoms. The molecular weight excluding hydrogens is 378 g/mol. The van der Waals surface area contributed by atoms with Crippen molar-refractivity contribution in [3.05, 3.63) is 64.3 Å². The van der Waals surface area contributed by atoms with Crippen molar-refractivity contribution in [2.45, 2.75) is 26.7 Å². The van der Waals surface area contributed by atoms with Crippen LogP contribution in [0.4, 0.5) is 23.1 Å². The predicted molar refractivity (Wildman–Crippen MR) is 106 cm³/mol. The highest BCUT2D eigenvalue weighted by Crippen LogP contribution is 2.26. The summed E-state index contributed by atoms with van der Waals surface area (Å²) >= 11 is 3.51. The lowest BCUT2D eigenvalue weighted by Crippen LogP contribution is -2.04. The number of para-hydroxylation sites is 1. The molecule has 3 rings (SSSR count). The fourth-order valence-corrected chi connectivity index (χ4v) is 2.77. The summed E-state index contributed by atoms with van der Waals surface area (Å²) in [7, 11) is 0. The van der Waals surface area contributed by atoms with E-state index in [1.54, 1.807) is 6.20 Å². The zero-order chi connectivity index (χ0) is 17.8. The molecule has 6 heteroatoms. The smallest absolute Gasteiger partial charge is 0.249 e. The number of nitrogens with one attached hydrogen (secondary N) is 2. The molecule has 0 bridgehead atoms. The van der Waals surface area contributed by atoms with Crippen molar-refractivity contribution in [2.75, 3.05) is 10.6 Å². The minimum atomic E-state index is 0.406. The van der Waals surface area contributed by atoms with Crippen LogP contribution in [0.15, 0.2) is 53.1 Å². The van der Waals surface area contributed by atoms with E-state index < -0.39 is 0 Å². The summed E-state index contributed by atoms with van der Waals surface area (Å²) in [4.78, 5) is 4.51. The van der Waals surface area contributed by atoms with E-state index in [-0.39, 0.29) is 0 Å². The molecule has 3 aromatic rings. The Morgan fingerprint density at radius 2 is 1.84 bits per heavy atom. The SMILES string of the molecule is Cc1cc(Nc2cnnc(Nc3ccccc3C(C)C)n2)ccc1Br. The monoisotopic (exact) mass is 397 g/mol. The van der Waals surface area contributed by atoms with E-state index >= 15 is 0 Å². The van der Waals surface area contributed by atoms with Crippen LogP contribution in [0.2, 0.25) is 0 Å². The Balaban J connectivity index is 1.81. The van der Waals surface area contributed by atoms with Crippen molar-refractivity contribution in [2.24, 2.45) is 0 Å². The standard InChI is InChI=1S/C19H20BrN5/c1-12(2)15-6-4-5-7-17(15)23-19-24-18(11-21-25-19)22-14-8-9-16(20)13(3)10-14/h4-12H,1-3H3,(H2,22,23,24,25). The summed E-state index contributed by atoms with van der Waals surface area (Å²) in [5.41, 5.74) is 4.31. The molecule has 2 aromatic carbocycles. The maximum atomic E-state index is 4.51. The topological polar surface area (TPSA) is 62.7 Å². The van der Waals surface area contributed by atoms with Crippen LogP contribution >= 0.6 is 15.9 Å². The molecule has 0 spiro atoms. The van der Waals surface area contributed by atoms with Crippen molar-refractivity contribution in [1.29, 1.82) is 0 Å². The van der Waals surface area contributed by atoms with Gasteiger partial charge in [0.1, 0.15) is 0 Å². The van der Waals surface area contributed by atoms with Gasteiger partial charge >= 0.3 is 0 Å². The molecule has 0 aliphatic heterocycles. The molecule has 0 saturated heterocycles. The highest BCUT2D eigenvalue weighted by Gasteiger charge is 2.08. The van der Waals surface area contributed by atoms with E-state index in [0.29, 0.717) is 17.7 Å². The van der Waals surface area contributed by atoms with Crippen molar-refractivity contribution >= 4 is 39.1 Å². The third-order valence-electron chi connectivity index (χ3n) is 3.82. The highest BCUT2D eigenvalue weighted by atomic mass is 79.9.